The van der Waals surface area contributed by atoms with Gasteiger partial charge in [0.15, 0.2) is 6.04 Å². The summed E-state index contributed by atoms with van der Waals surface area (Å²) in [5.74, 6) is 0. The quantitative estimate of drug-likeness (QED) is 0.848. The fourth-order valence-electron chi connectivity index (χ4n) is 1.35. The maximum Gasteiger partial charge on any atom is 0.417 e. The number of benzene rings is 1. The number of halogens is 3. The van der Waals surface area contributed by atoms with Crippen molar-refractivity contribution in [2.45, 2.75) is 18.3 Å². The molecule has 0 fully saturated rings. The van der Waals surface area contributed by atoms with E-state index < -0.39 is 24.9 Å². The van der Waals surface area contributed by atoms with Crippen LogP contribution in [-0.4, -0.2) is 23.9 Å². The van der Waals surface area contributed by atoms with Crippen molar-refractivity contribution < 1.29 is 18.3 Å². The molecule has 0 heterocycles. The molecule has 0 aliphatic carbocycles. The molecule has 92 valence electrons. The van der Waals surface area contributed by atoms with Crippen molar-refractivity contribution >= 4 is 0 Å². The van der Waals surface area contributed by atoms with E-state index in [1.54, 1.807) is 30.3 Å². The minimum Gasteiger partial charge on any atom is -0.394 e. The van der Waals surface area contributed by atoms with Gasteiger partial charge in [-0.05, 0) is 5.56 Å². The predicted octanol–water partition coefficient (Wildman–Crippen LogP) is 1.76. The zero-order valence-corrected chi connectivity index (χ0v) is 8.78. The van der Waals surface area contributed by atoms with Crippen molar-refractivity contribution in [3.05, 3.63) is 35.9 Å². The van der Waals surface area contributed by atoms with Crippen LogP contribution in [0.3, 0.4) is 0 Å². The second-order valence-electron chi connectivity index (χ2n) is 3.42. The van der Waals surface area contributed by atoms with Crippen LogP contribution in [0.4, 0.5) is 13.2 Å². The molecule has 0 saturated carbocycles. The van der Waals surface area contributed by atoms with Crippen LogP contribution in [0.15, 0.2) is 30.3 Å². The SMILES string of the molecule is N#CC(N[C@@H](CO)c1ccccc1)C(F)(F)F. The second-order valence-corrected chi connectivity index (χ2v) is 3.42. The molecule has 0 amide bonds. The third-order valence-corrected chi connectivity index (χ3v) is 2.21. The minimum absolute atomic E-state index is 0.500. The summed E-state index contributed by atoms with van der Waals surface area (Å²) in [4.78, 5) is 0. The van der Waals surface area contributed by atoms with Gasteiger partial charge in [-0.15, -0.1) is 0 Å². The highest BCUT2D eigenvalue weighted by atomic mass is 19.4. The summed E-state index contributed by atoms with van der Waals surface area (Å²) in [5, 5.41) is 19.6. The molecule has 0 aromatic heterocycles. The molecule has 0 saturated heterocycles. The molecule has 0 aliphatic heterocycles. The molecule has 0 bridgehead atoms. The average molecular weight is 244 g/mol. The molecule has 1 aromatic carbocycles. The van der Waals surface area contributed by atoms with Gasteiger partial charge in [-0.1, -0.05) is 30.3 Å². The molecule has 1 rings (SSSR count). The molecule has 6 heteroatoms. The van der Waals surface area contributed by atoms with Crippen LogP contribution in [0.1, 0.15) is 11.6 Å². The van der Waals surface area contributed by atoms with Crippen molar-refractivity contribution in [3.8, 4) is 6.07 Å². The molecule has 0 spiro atoms. The van der Waals surface area contributed by atoms with Gasteiger partial charge in [0.1, 0.15) is 0 Å². The smallest absolute Gasteiger partial charge is 0.394 e. The molecule has 1 unspecified atom stereocenters. The lowest BCUT2D eigenvalue weighted by molar-refractivity contribution is -0.145. The molecule has 2 atom stereocenters. The first-order valence-corrected chi connectivity index (χ1v) is 4.87. The Balaban J connectivity index is 2.81. The Labute approximate surface area is 96.5 Å². The lowest BCUT2D eigenvalue weighted by atomic mass is 10.1. The highest BCUT2D eigenvalue weighted by Gasteiger charge is 2.41. The Morgan fingerprint density at radius 1 is 1.29 bits per heavy atom. The summed E-state index contributed by atoms with van der Waals surface area (Å²) in [5.41, 5.74) is 0.500. The van der Waals surface area contributed by atoms with Crippen LogP contribution in [-0.2, 0) is 0 Å². The molecular weight excluding hydrogens is 233 g/mol. The van der Waals surface area contributed by atoms with Crippen LogP contribution in [0, 0.1) is 11.3 Å². The van der Waals surface area contributed by atoms with Crippen LogP contribution in [0.2, 0.25) is 0 Å². The number of aliphatic hydroxyl groups excluding tert-OH is 1. The second kappa shape index (κ2) is 5.66. The largest absolute Gasteiger partial charge is 0.417 e. The third kappa shape index (κ3) is 3.73. The fourth-order valence-corrected chi connectivity index (χ4v) is 1.35. The van der Waals surface area contributed by atoms with E-state index in [2.05, 4.69) is 5.32 Å². The Morgan fingerprint density at radius 3 is 2.29 bits per heavy atom. The van der Waals surface area contributed by atoms with Crippen LogP contribution < -0.4 is 5.32 Å². The molecular formula is C11H11F3N2O. The lowest BCUT2D eigenvalue weighted by Gasteiger charge is -2.22. The predicted molar refractivity (Wildman–Crippen MR) is 54.9 cm³/mol. The van der Waals surface area contributed by atoms with Gasteiger partial charge in [0.25, 0.3) is 0 Å². The van der Waals surface area contributed by atoms with Gasteiger partial charge in [-0.3, -0.25) is 5.32 Å². The zero-order valence-electron chi connectivity index (χ0n) is 8.78. The van der Waals surface area contributed by atoms with Gasteiger partial charge < -0.3 is 5.11 Å². The molecule has 0 radical (unpaired) electrons. The van der Waals surface area contributed by atoms with Crippen molar-refractivity contribution in [1.82, 2.24) is 5.32 Å². The van der Waals surface area contributed by atoms with Gasteiger partial charge in [-0.2, -0.15) is 18.4 Å². The molecule has 1 aromatic rings. The van der Waals surface area contributed by atoms with E-state index in [0.717, 1.165) is 6.07 Å². The number of aliphatic hydroxyl groups is 1. The summed E-state index contributed by atoms with van der Waals surface area (Å²) in [6.45, 7) is -0.516. The van der Waals surface area contributed by atoms with E-state index in [0.29, 0.717) is 5.56 Å². The van der Waals surface area contributed by atoms with Crippen molar-refractivity contribution in [2.24, 2.45) is 0 Å². The minimum atomic E-state index is -4.66. The Bertz CT molecular complexity index is 386. The number of hydrogen-bond donors (Lipinski definition) is 2. The number of nitrogens with zero attached hydrogens (tertiary/aromatic N) is 1. The number of nitriles is 1. The monoisotopic (exact) mass is 244 g/mol. The summed E-state index contributed by atoms with van der Waals surface area (Å²) >= 11 is 0. The van der Waals surface area contributed by atoms with Crippen LogP contribution in [0.5, 0.6) is 0 Å². The lowest BCUT2D eigenvalue weighted by Crippen LogP contribution is -2.43. The van der Waals surface area contributed by atoms with Crippen molar-refractivity contribution in [2.75, 3.05) is 6.61 Å². The fraction of sp³-hybridized carbons (Fsp3) is 0.364. The first-order valence-electron chi connectivity index (χ1n) is 4.87. The van der Waals surface area contributed by atoms with Crippen molar-refractivity contribution in [1.29, 1.82) is 5.26 Å². The molecule has 0 aliphatic rings. The van der Waals surface area contributed by atoms with E-state index in [1.807, 2.05) is 0 Å². The van der Waals surface area contributed by atoms with Crippen molar-refractivity contribution in [3.63, 3.8) is 0 Å². The summed E-state index contributed by atoms with van der Waals surface area (Å²) < 4.78 is 37.1. The summed E-state index contributed by atoms with van der Waals surface area (Å²) in [6, 6.07) is 6.09. The van der Waals surface area contributed by atoms with E-state index in [9.17, 15) is 13.2 Å². The maximum atomic E-state index is 12.4. The number of nitrogens with one attached hydrogen (secondary N) is 1. The van der Waals surface area contributed by atoms with Gasteiger partial charge in [0.05, 0.1) is 18.7 Å². The Hall–Kier alpha value is -1.58. The normalized spacial score (nSPS) is 15.0. The van der Waals surface area contributed by atoms with E-state index in [4.69, 9.17) is 10.4 Å². The molecule has 3 nitrogen and oxygen atoms in total. The first-order chi connectivity index (χ1) is 7.99. The van der Waals surface area contributed by atoms with Crippen LogP contribution in [0.25, 0.3) is 0 Å². The summed E-state index contributed by atoms with van der Waals surface area (Å²) in [7, 11) is 0. The highest BCUT2D eigenvalue weighted by Crippen LogP contribution is 2.22. The maximum absolute atomic E-state index is 12.4. The number of hydrogen-bond acceptors (Lipinski definition) is 3. The van der Waals surface area contributed by atoms with E-state index >= 15 is 0 Å². The van der Waals surface area contributed by atoms with Crippen LogP contribution >= 0.6 is 0 Å². The summed E-state index contributed by atoms with van der Waals surface area (Å²) in [6.07, 6.45) is -4.66. The molecule has 17 heavy (non-hydrogen) atoms. The topological polar surface area (TPSA) is 56.0 Å². The number of rotatable bonds is 4. The third-order valence-electron chi connectivity index (χ3n) is 2.21. The highest BCUT2D eigenvalue weighted by molar-refractivity contribution is 5.19. The van der Waals surface area contributed by atoms with Gasteiger partial charge in [-0.25, -0.2) is 0 Å². The zero-order chi connectivity index (χ0) is 12.9. The number of alkyl halides is 3. The Morgan fingerprint density at radius 2 is 1.88 bits per heavy atom. The standard InChI is InChI=1S/C11H11F3N2O/c12-11(13,14)10(6-15)16-9(7-17)8-4-2-1-3-5-8/h1-5,9-10,16-17H,7H2/t9-,10?/m0/s1. The first kappa shape index (κ1) is 13.5. The molecule has 2 N–H and O–H groups in total. The average Bonchev–Trinajstić information content (AvgIpc) is 2.30. The Kier molecular flexibility index (Phi) is 4.49. The van der Waals surface area contributed by atoms with E-state index in [-0.39, 0.29) is 0 Å². The van der Waals surface area contributed by atoms with Gasteiger partial charge in [0.2, 0.25) is 0 Å². The van der Waals surface area contributed by atoms with E-state index in [1.165, 1.54) is 0 Å². The van der Waals surface area contributed by atoms with Gasteiger partial charge >= 0.3 is 6.18 Å². The van der Waals surface area contributed by atoms with Gasteiger partial charge in [0, 0.05) is 0 Å².